The molecule has 0 saturated carbocycles. The van der Waals surface area contributed by atoms with Crippen LogP contribution in [0.1, 0.15) is 37.5 Å². The zero-order valence-corrected chi connectivity index (χ0v) is 22.9. The summed E-state index contributed by atoms with van der Waals surface area (Å²) in [5.41, 5.74) is 0.607. The summed E-state index contributed by atoms with van der Waals surface area (Å²) < 4.78 is 0. The Morgan fingerprint density at radius 1 is 0.659 bits per heavy atom. The van der Waals surface area contributed by atoms with Crippen molar-refractivity contribution in [3.05, 3.63) is 119 Å². The molecule has 0 bridgehead atoms. The quantitative estimate of drug-likeness (QED) is 0.0997. The van der Waals surface area contributed by atoms with Crippen molar-refractivity contribution in [3.8, 4) is 23.0 Å². The number of imide groups is 1. The van der Waals surface area contributed by atoms with Gasteiger partial charge in [-0.1, -0.05) is 36.4 Å². The number of carbonyl (C=O) groups is 4. The smallest absolute Gasteiger partial charge is 0.262 e. The number of aromatic hydroxyl groups is 4. The second-order valence-corrected chi connectivity index (χ2v) is 10.3. The third-order valence-corrected chi connectivity index (χ3v) is 7.51. The minimum atomic E-state index is -1.03. The van der Waals surface area contributed by atoms with Crippen LogP contribution in [0.25, 0.3) is 22.0 Å². The molecular weight excluding hydrogens is 564 g/mol. The Morgan fingerprint density at radius 2 is 1.23 bits per heavy atom. The van der Waals surface area contributed by atoms with Gasteiger partial charge in [-0.15, -0.1) is 0 Å². The Labute approximate surface area is 249 Å². The molecule has 6 rings (SSSR count). The zero-order valence-electron chi connectivity index (χ0n) is 22.9. The molecule has 5 N–H and O–H groups in total. The van der Waals surface area contributed by atoms with E-state index in [1.807, 2.05) is 0 Å². The van der Waals surface area contributed by atoms with Gasteiger partial charge in [0.2, 0.25) is 11.6 Å². The fraction of sp³-hybridized carbons (Fsp3) is 0.0588. The van der Waals surface area contributed by atoms with Gasteiger partial charge >= 0.3 is 0 Å². The van der Waals surface area contributed by atoms with E-state index < -0.39 is 23.4 Å². The van der Waals surface area contributed by atoms with E-state index in [1.165, 1.54) is 72.8 Å². The van der Waals surface area contributed by atoms with E-state index in [4.69, 9.17) is 0 Å². The second kappa shape index (κ2) is 10.9. The molecule has 5 aromatic rings. The molecule has 0 saturated heterocycles. The Morgan fingerprint density at radius 3 is 1.86 bits per heavy atom. The number of para-hydroxylation sites is 1. The number of amides is 2. The number of carbonyl (C=O) groups excluding carboxylic acids is 4. The summed E-state index contributed by atoms with van der Waals surface area (Å²) in [7, 11) is 0. The van der Waals surface area contributed by atoms with Gasteiger partial charge in [0.15, 0.2) is 0 Å². The van der Waals surface area contributed by atoms with Crippen LogP contribution in [-0.2, 0) is 16.0 Å². The third-order valence-electron chi connectivity index (χ3n) is 7.51. The summed E-state index contributed by atoms with van der Waals surface area (Å²) >= 11 is 0. The lowest BCUT2D eigenvalue weighted by molar-refractivity contribution is -0.135. The van der Waals surface area contributed by atoms with Gasteiger partial charge in [0.1, 0.15) is 23.0 Å². The lowest BCUT2D eigenvalue weighted by atomic mass is 9.92. The zero-order chi connectivity index (χ0) is 31.1. The van der Waals surface area contributed by atoms with Crippen LogP contribution in [0.3, 0.4) is 0 Å². The summed E-state index contributed by atoms with van der Waals surface area (Å²) in [5, 5.41) is 40.0. The summed E-state index contributed by atoms with van der Waals surface area (Å²) in [6.45, 7) is -0.0309. The number of hydrogen-bond donors (Lipinski definition) is 5. The highest BCUT2D eigenvalue weighted by molar-refractivity contribution is 6.54. The number of fused-ring (bicyclic) bond motifs is 1. The predicted molar refractivity (Wildman–Crippen MR) is 160 cm³/mol. The van der Waals surface area contributed by atoms with E-state index in [2.05, 4.69) is 4.98 Å². The molecule has 2 amide bonds. The van der Waals surface area contributed by atoms with Crippen molar-refractivity contribution in [2.75, 3.05) is 6.54 Å². The lowest BCUT2D eigenvalue weighted by Gasteiger charge is -2.15. The first-order valence-corrected chi connectivity index (χ1v) is 13.5. The highest BCUT2D eigenvalue weighted by atomic mass is 16.3. The SMILES string of the molecule is O=C(C(=O)c1[nH]c2c(O)cccc2c1C1=C(c2ccc(O)cc2)C(=O)N(CCc2ccc(O)cc2)C1=O)c1ccc(O)cc1. The number of benzene rings is 4. The molecular formula is C34H24N2O8. The molecule has 1 aliphatic heterocycles. The van der Waals surface area contributed by atoms with Crippen LogP contribution in [0.5, 0.6) is 23.0 Å². The molecule has 4 aromatic carbocycles. The number of aromatic nitrogens is 1. The van der Waals surface area contributed by atoms with E-state index in [0.717, 1.165) is 10.5 Å². The van der Waals surface area contributed by atoms with Crippen molar-refractivity contribution in [1.82, 2.24) is 9.88 Å². The third kappa shape index (κ3) is 4.84. The first kappa shape index (κ1) is 28.0. The molecule has 2 heterocycles. The Hall–Kier alpha value is -6.16. The number of ketones is 2. The van der Waals surface area contributed by atoms with Crippen LogP contribution < -0.4 is 0 Å². The van der Waals surface area contributed by atoms with Gasteiger partial charge in [-0.2, -0.15) is 0 Å². The van der Waals surface area contributed by atoms with Crippen LogP contribution in [0, 0.1) is 0 Å². The highest BCUT2D eigenvalue weighted by Crippen LogP contribution is 2.42. The Balaban J connectivity index is 1.53. The molecule has 0 unspecified atom stereocenters. The summed E-state index contributed by atoms with van der Waals surface area (Å²) in [4.78, 5) is 59.1. The number of Topliss-reactive ketones (excluding diaryl/α,β-unsaturated/α-hetero) is 2. The monoisotopic (exact) mass is 588 g/mol. The van der Waals surface area contributed by atoms with Gasteiger partial charge in [-0.25, -0.2) is 0 Å². The van der Waals surface area contributed by atoms with E-state index in [1.54, 1.807) is 18.2 Å². The molecule has 0 radical (unpaired) electrons. The maximum Gasteiger partial charge on any atom is 0.262 e. The van der Waals surface area contributed by atoms with Gasteiger partial charge in [-0.3, -0.25) is 24.1 Å². The number of hydrogen-bond acceptors (Lipinski definition) is 8. The number of nitrogens with zero attached hydrogens (tertiary/aromatic N) is 1. The lowest BCUT2D eigenvalue weighted by Crippen LogP contribution is -2.33. The number of nitrogens with one attached hydrogen (secondary N) is 1. The number of phenolic OH excluding ortho intramolecular Hbond substituents is 4. The van der Waals surface area contributed by atoms with Crippen molar-refractivity contribution < 1.29 is 39.6 Å². The van der Waals surface area contributed by atoms with Gasteiger partial charge in [0, 0.05) is 23.1 Å². The fourth-order valence-electron chi connectivity index (χ4n) is 5.30. The Kier molecular flexibility index (Phi) is 6.94. The number of H-pyrrole nitrogens is 1. The topological polar surface area (TPSA) is 168 Å². The average Bonchev–Trinajstić information content (AvgIpc) is 3.52. The summed E-state index contributed by atoms with van der Waals surface area (Å²) in [5.74, 6) is -3.67. The van der Waals surface area contributed by atoms with Gasteiger partial charge in [0.05, 0.1) is 22.4 Å². The predicted octanol–water partition coefficient (Wildman–Crippen LogP) is 4.58. The standard InChI is InChI=1S/C34H24N2O8/c37-21-10-4-18(5-11-21)16-17-36-33(43)26(19-6-12-22(38)13-7-19)28(34(36)44)27-24-2-1-3-25(40)29(24)35-30(27)32(42)31(41)20-8-14-23(39)15-9-20/h1-15,35,37-40H,16-17H2. The molecule has 10 nitrogen and oxygen atoms in total. The molecule has 1 aliphatic rings. The van der Waals surface area contributed by atoms with Crippen molar-refractivity contribution >= 4 is 45.4 Å². The molecule has 0 aliphatic carbocycles. The molecule has 218 valence electrons. The molecule has 0 spiro atoms. The Bertz CT molecular complexity index is 2000. The molecule has 10 heteroatoms. The maximum atomic E-state index is 14.2. The number of rotatable bonds is 8. The molecule has 0 fully saturated rings. The summed E-state index contributed by atoms with van der Waals surface area (Å²) in [6, 6.07) is 21.5. The first-order chi connectivity index (χ1) is 21.1. The molecule has 1 aromatic heterocycles. The van der Waals surface area contributed by atoms with Gasteiger partial charge in [0.25, 0.3) is 11.8 Å². The minimum absolute atomic E-state index is 0.0151. The average molecular weight is 589 g/mol. The van der Waals surface area contributed by atoms with E-state index in [-0.39, 0.29) is 74.8 Å². The van der Waals surface area contributed by atoms with Crippen LogP contribution in [0.15, 0.2) is 91.0 Å². The van der Waals surface area contributed by atoms with Crippen LogP contribution in [0.4, 0.5) is 0 Å². The highest BCUT2D eigenvalue weighted by Gasteiger charge is 2.42. The van der Waals surface area contributed by atoms with E-state index in [9.17, 15) is 39.6 Å². The van der Waals surface area contributed by atoms with Crippen LogP contribution in [-0.4, -0.2) is 60.2 Å². The number of aromatic amines is 1. The summed E-state index contributed by atoms with van der Waals surface area (Å²) in [6.07, 6.45) is 0.272. The number of phenols is 4. The van der Waals surface area contributed by atoms with Crippen LogP contribution >= 0.6 is 0 Å². The molecule has 44 heavy (non-hydrogen) atoms. The second-order valence-electron chi connectivity index (χ2n) is 10.3. The largest absolute Gasteiger partial charge is 0.508 e. The van der Waals surface area contributed by atoms with Crippen molar-refractivity contribution in [1.29, 1.82) is 0 Å². The maximum absolute atomic E-state index is 14.2. The normalized spacial score (nSPS) is 13.2. The van der Waals surface area contributed by atoms with Gasteiger partial charge in [-0.05, 0) is 72.1 Å². The first-order valence-electron chi connectivity index (χ1n) is 13.5. The van der Waals surface area contributed by atoms with Crippen molar-refractivity contribution in [2.24, 2.45) is 0 Å². The van der Waals surface area contributed by atoms with Gasteiger partial charge < -0.3 is 25.4 Å². The van der Waals surface area contributed by atoms with E-state index in [0.29, 0.717) is 5.56 Å². The van der Waals surface area contributed by atoms with Crippen molar-refractivity contribution in [3.63, 3.8) is 0 Å². The van der Waals surface area contributed by atoms with Crippen LogP contribution in [0.2, 0.25) is 0 Å². The van der Waals surface area contributed by atoms with Crippen molar-refractivity contribution in [2.45, 2.75) is 6.42 Å². The fourth-order valence-corrected chi connectivity index (χ4v) is 5.30. The molecule has 0 atom stereocenters. The van der Waals surface area contributed by atoms with E-state index >= 15 is 0 Å². The minimum Gasteiger partial charge on any atom is -0.508 e.